The van der Waals surface area contributed by atoms with Gasteiger partial charge in [0.05, 0.1) is 0 Å². The van der Waals surface area contributed by atoms with E-state index in [9.17, 15) is 10.2 Å². The fraction of sp³-hybridized carbons (Fsp3) is 0.400. The minimum absolute atomic E-state index is 0.179. The molecule has 0 aliphatic rings. The zero-order valence-electron chi connectivity index (χ0n) is 7.46. The van der Waals surface area contributed by atoms with E-state index in [0.717, 1.165) is 18.4 Å². The third-order valence-electron chi connectivity index (χ3n) is 1.95. The van der Waals surface area contributed by atoms with Crippen LogP contribution in [0.5, 0.6) is 11.5 Å². The Balaban J connectivity index is 3.04. The van der Waals surface area contributed by atoms with Crippen LogP contribution >= 0.6 is 0 Å². The Morgan fingerprint density at radius 1 is 1.17 bits per heavy atom. The standard InChI is InChI=1S/C10H14O2/c1-3-4-8-5-9(11)7(2)10(12)6-8/h5-6,11-12H,3-4H2,1-2H3. The summed E-state index contributed by atoms with van der Waals surface area (Å²) in [5.41, 5.74) is 1.54. The van der Waals surface area contributed by atoms with E-state index in [1.165, 1.54) is 0 Å². The third kappa shape index (κ3) is 1.70. The first-order valence-electron chi connectivity index (χ1n) is 4.16. The fourth-order valence-electron chi connectivity index (χ4n) is 1.17. The minimum atomic E-state index is 0.179. The smallest absolute Gasteiger partial charge is 0.122 e. The molecule has 0 bridgehead atoms. The van der Waals surface area contributed by atoms with Gasteiger partial charge >= 0.3 is 0 Å². The van der Waals surface area contributed by atoms with E-state index in [1.54, 1.807) is 19.1 Å². The molecule has 0 unspecified atom stereocenters. The van der Waals surface area contributed by atoms with Crippen LogP contribution < -0.4 is 0 Å². The number of phenolic OH excluding ortho intramolecular Hbond substituents is 2. The first-order valence-corrected chi connectivity index (χ1v) is 4.16. The second kappa shape index (κ2) is 3.48. The van der Waals surface area contributed by atoms with Crippen molar-refractivity contribution < 1.29 is 10.2 Å². The minimum Gasteiger partial charge on any atom is -0.508 e. The van der Waals surface area contributed by atoms with E-state index in [-0.39, 0.29) is 11.5 Å². The number of rotatable bonds is 2. The van der Waals surface area contributed by atoms with E-state index in [4.69, 9.17) is 0 Å². The van der Waals surface area contributed by atoms with Gasteiger partial charge in [0.25, 0.3) is 0 Å². The average molecular weight is 166 g/mol. The number of hydrogen-bond donors (Lipinski definition) is 2. The molecule has 2 nitrogen and oxygen atoms in total. The maximum atomic E-state index is 9.35. The van der Waals surface area contributed by atoms with Crippen LogP contribution in [0, 0.1) is 6.92 Å². The highest BCUT2D eigenvalue weighted by atomic mass is 16.3. The predicted molar refractivity (Wildman–Crippen MR) is 48.5 cm³/mol. The summed E-state index contributed by atoms with van der Waals surface area (Å²) in [6.45, 7) is 3.76. The van der Waals surface area contributed by atoms with Crippen molar-refractivity contribution in [3.8, 4) is 11.5 Å². The molecule has 1 aromatic carbocycles. The Bertz CT molecular complexity index is 256. The molecule has 0 fully saturated rings. The summed E-state index contributed by atoms with van der Waals surface area (Å²) >= 11 is 0. The lowest BCUT2D eigenvalue weighted by atomic mass is 10.1. The van der Waals surface area contributed by atoms with Crippen LogP contribution in [-0.2, 0) is 6.42 Å². The number of aryl methyl sites for hydroxylation is 1. The molecular formula is C10H14O2. The molecule has 66 valence electrons. The molecule has 0 heterocycles. The average Bonchev–Trinajstić information content (AvgIpc) is 2.01. The third-order valence-corrected chi connectivity index (χ3v) is 1.95. The number of hydrogen-bond acceptors (Lipinski definition) is 2. The van der Waals surface area contributed by atoms with Gasteiger partial charge < -0.3 is 10.2 Å². The van der Waals surface area contributed by atoms with Gasteiger partial charge in [-0.1, -0.05) is 13.3 Å². The molecule has 0 spiro atoms. The van der Waals surface area contributed by atoms with E-state index in [1.807, 2.05) is 0 Å². The highest BCUT2D eigenvalue weighted by Crippen LogP contribution is 2.27. The number of benzene rings is 1. The fourth-order valence-corrected chi connectivity index (χ4v) is 1.17. The van der Waals surface area contributed by atoms with Crippen LogP contribution in [-0.4, -0.2) is 10.2 Å². The van der Waals surface area contributed by atoms with Crippen LogP contribution in [0.1, 0.15) is 24.5 Å². The molecule has 0 radical (unpaired) electrons. The quantitative estimate of drug-likeness (QED) is 0.708. The lowest BCUT2D eigenvalue weighted by molar-refractivity contribution is 0.442. The van der Waals surface area contributed by atoms with Crippen molar-refractivity contribution in [1.29, 1.82) is 0 Å². The van der Waals surface area contributed by atoms with Crippen molar-refractivity contribution in [3.63, 3.8) is 0 Å². The largest absolute Gasteiger partial charge is 0.508 e. The monoisotopic (exact) mass is 166 g/mol. The Kier molecular flexibility index (Phi) is 2.58. The molecule has 12 heavy (non-hydrogen) atoms. The number of aromatic hydroxyl groups is 2. The van der Waals surface area contributed by atoms with E-state index in [0.29, 0.717) is 5.56 Å². The number of phenols is 2. The molecule has 0 aliphatic heterocycles. The zero-order chi connectivity index (χ0) is 9.14. The molecule has 0 aromatic heterocycles. The summed E-state index contributed by atoms with van der Waals surface area (Å²) in [6, 6.07) is 3.41. The van der Waals surface area contributed by atoms with Crippen LogP contribution in [0.25, 0.3) is 0 Å². The van der Waals surface area contributed by atoms with Gasteiger partial charge in [-0.25, -0.2) is 0 Å². The van der Waals surface area contributed by atoms with Crippen molar-refractivity contribution in [1.82, 2.24) is 0 Å². The second-order valence-corrected chi connectivity index (χ2v) is 3.01. The Labute approximate surface area is 72.5 Å². The van der Waals surface area contributed by atoms with Gasteiger partial charge in [-0.05, 0) is 31.0 Å². The Morgan fingerprint density at radius 2 is 1.67 bits per heavy atom. The van der Waals surface area contributed by atoms with Crippen molar-refractivity contribution in [2.45, 2.75) is 26.7 Å². The van der Waals surface area contributed by atoms with Gasteiger partial charge in [-0.15, -0.1) is 0 Å². The summed E-state index contributed by atoms with van der Waals surface area (Å²) in [5.74, 6) is 0.358. The molecule has 0 amide bonds. The Hall–Kier alpha value is -1.18. The maximum absolute atomic E-state index is 9.35. The highest BCUT2D eigenvalue weighted by Gasteiger charge is 2.03. The van der Waals surface area contributed by atoms with Crippen LogP contribution in [0.3, 0.4) is 0 Å². The molecule has 0 saturated carbocycles. The van der Waals surface area contributed by atoms with Crippen LogP contribution in [0.15, 0.2) is 12.1 Å². The SMILES string of the molecule is CCCc1cc(O)c(C)c(O)c1. The van der Waals surface area contributed by atoms with Gasteiger partial charge in [-0.2, -0.15) is 0 Å². The van der Waals surface area contributed by atoms with E-state index < -0.39 is 0 Å². The van der Waals surface area contributed by atoms with Gasteiger partial charge in [0.2, 0.25) is 0 Å². The van der Waals surface area contributed by atoms with Crippen LogP contribution in [0.2, 0.25) is 0 Å². The van der Waals surface area contributed by atoms with Gasteiger partial charge in [0.15, 0.2) is 0 Å². The van der Waals surface area contributed by atoms with Crippen molar-refractivity contribution in [2.24, 2.45) is 0 Å². The van der Waals surface area contributed by atoms with Gasteiger partial charge in [0, 0.05) is 5.56 Å². The molecule has 0 aliphatic carbocycles. The molecule has 0 atom stereocenters. The highest BCUT2D eigenvalue weighted by molar-refractivity contribution is 5.45. The van der Waals surface area contributed by atoms with E-state index in [2.05, 4.69) is 6.92 Å². The second-order valence-electron chi connectivity index (χ2n) is 3.01. The maximum Gasteiger partial charge on any atom is 0.122 e. The molecule has 2 heteroatoms. The molecule has 2 N–H and O–H groups in total. The van der Waals surface area contributed by atoms with Gasteiger partial charge in [-0.3, -0.25) is 0 Å². The summed E-state index contributed by atoms with van der Waals surface area (Å²) < 4.78 is 0. The van der Waals surface area contributed by atoms with Crippen molar-refractivity contribution in [2.75, 3.05) is 0 Å². The summed E-state index contributed by atoms with van der Waals surface area (Å²) in [4.78, 5) is 0. The molecule has 0 saturated heterocycles. The summed E-state index contributed by atoms with van der Waals surface area (Å²) in [6.07, 6.45) is 1.91. The zero-order valence-corrected chi connectivity index (χ0v) is 7.46. The van der Waals surface area contributed by atoms with Crippen LogP contribution in [0.4, 0.5) is 0 Å². The summed E-state index contributed by atoms with van der Waals surface area (Å²) in [7, 11) is 0. The predicted octanol–water partition coefficient (Wildman–Crippen LogP) is 2.36. The molecule has 1 rings (SSSR count). The van der Waals surface area contributed by atoms with Crippen molar-refractivity contribution in [3.05, 3.63) is 23.3 Å². The lowest BCUT2D eigenvalue weighted by Gasteiger charge is -2.05. The first-order chi connectivity index (χ1) is 5.65. The first kappa shape index (κ1) is 8.91. The molecule has 1 aromatic rings. The topological polar surface area (TPSA) is 40.5 Å². The van der Waals surface area contributed by atoms with Crippen molar-refractivity contribution >= 4 is 0 Å². The summed E-state index contributed by atoms with van der Waals surface area (Å²) in [5, 5.41) is 18.7. The lowest BCUT2D eigenvalue weighted by Crippen LogP contribution is -1.85. The normalized spacial score (nSPS) is 10.2. The van der Waals surface area contributed by atoms with Gasteiger partial charge in [0.1, 0.15) is 11.5 Å². The molecular weight excluding hydrogens is 152 g/mol. The Morgan fingerprint density at radius 3 is 2.08 bits per heavy atom. The van der Waals surface area contributed by atoms with E-state index >= 15 is 0 Å².